The maximum atomic E-state index is 6.06. The number of hydrogen-bond acceptors (Lipinski definition) is 3. The van der Waals surface area contributed by atoms with Gasteiger partial charge in [0.15, 0.2) is 0 Å². The Morgan fingerprint density at radius 3 is 2.80 bits per heavy atom. The van der Waals surface area contributed by atoms with Crippen LogP contribution >= 0.6 is 0 Å². The van der Waals surface area contributed by atoms with E-state index < -0.39 is 0 Å². The zero-order valence-corrected chi connectivity index (χ0v) is 12.3. The second-order valence-electron chi connectivity index (χ2n) is 6.27. The van der Waals surface area contributed by atoms with Crippen molar-refractivity contribution in [2.24, 2.45) is 5.92 Å². The summed E-state index contributed by atoms with van der Waals surface area (Å²) in [5.41, 5.74) is 9.22. The van der Waals surface area contributed by atoms with E-state index in [-0.39, 0.29) is 0 Å². The standard InChI is InChI=1S/C17H23N3/c1-12(2)10-20(14-6-7-14)11-13-5-8-16(18)15-4-3-9-19-17(13)15/h3-5,8-9,12,14H,6-7,10-11,18H2,1-2H3. The van der Waals surface area contributed by atoms with Gasteiger partial charge in [0, 0.05) is 36.4 Å². The molecule has 106 valence electrons. The lowest BCUT2D eigenvalue weighted by atomic mass is 10.1. The van der Waals surface area contributed by atoms with Crippen LogP contribution < -0.4 is 5.73 Å². The van der Waals surface area contributed by atoms with Crippen molar-refractivity contribution >= 4 is 16.6 Å². The Hall–Kier alpha value is -1.61. The molecule has 3 heteroatoms. The van der Waals surface area contributed by atoms with E-state index in [1.54, 1.807) is 0 Å². The summed E-state index contributed by atoms with van der Waals surface area (Å²) < 4.78 is 0. The maximum Gasteiger partial charge on any atom is 0.0767 e. The van der Waals surface area contributed by atoms with Gasteiger partial charge in [0.05, 0.1) is 5.52 Å². The van der Waals surface area contributed by atoms with Crippen LogP contribution in [0.3, 0.4) is 0 Å². The SMILES string of the molecule is CC(C)CN(Cc1ccc(N)c2cccnc12)C1CC1. The number of hydrogen-bond donors (Lipinski definition) is 1. The minimum Gasteiger partial charge on any atom is -0.398 e. The molecule has 1 aliphatic carbocycles. The van der Waals surface area contributed by atoms with Gasteiger partial charge in [-0.15, -0.1) is 0 Å². The van der Waals surface area contributed by atoms with Crippen LogP contribution in [-0.2, 0) is 6.54 Å². The number of fused-ring (bicyclic) bond motifs is 1. The summed E-state index contributed by atoms with van der Waals surface area (Å²) in [6, 6.07) is 8.94. The lowest BCUT2D eigenvalue weighted by Gasteiger charge is -2.24. The summed E-state index contributed by atoms with van der Waals surface area (Å²) in [6.45, 7) is 6.71. The Kier molecular flexibility index (Phi) is 3.62. The number of rotatable bonds is 5. The van der Waals surface area contributed by atoms with Gasteiger partial charge in [-0.25, -0.2) is 0 Å². The average molecular weight is 269 g/mol. The van der Waals surface area contributed by atoms with Crippen LogP contribution in [0, 0.1) is 5.92 Å². The lowest BCUT2D eigenvalue weighted by molar-refractivity contribution is 0.227. The molecule has 1 fully saturated rings. The number of pyridine rings is 1. The third-order valence-electron chi connectivity index (χ3n) is 3.92. The molecule has 0 radical (unpaired) electrons. The predicted octanol–water partition coefficient (Wildman–Crippen LogP) is 3.44. The van der Waals surface area contributed by atoms with E-state index in [2.05, 4.69) is 35.9 Å². The largest absolute Gasteiger partial charge is 0.398 e. The van der Waals surface area contributed by atoms with Gasteiger partial charge in [0.1, 0.15) is 0 Å². The zero-order valence-electron chi connectivity index (χ0n) is 12.3. The first kappa shape index (κ1) is 13.4. The highest BCUT2D eigenvalue weighted by Crippen LogP contribution is 2.31. The van der Waals surface area contributed by atoms with Crippen molar-refractivity contribution in [3.8, 4) is 0 Å². The number of nitrogen functional groups attached to an aromatic ring is 1. The number of anilines is 1. The molecule has 0 amide bonds. The van der Waals surface area contributed by atoms with E-state index in [1.165, 1.54) is 18.4 Å². The Labute approximate surface area is 120 Å². The van der Waals surface area contributed by atoms with Gasteiger partial charge >= 0.3 is 0 Å². The number of nitrogens with two attached hydrogens (primary N) is 1. The van der Waals surface area contributed by atoms with Crippen molar-refractivity contribution in [3.63, 3.8) is 0 Å². The van der Waals surface area contributed by atoms with E-state index in [0.29, 0.717) is 5.92 Å². The van der Waals surface area contributed by atoms with E-state index in [1.807, 2.05) is 18.3 Å². The fraction of sp³-hybridized carbons (Fsp3) is 0.471. The molecule has 0 aliphatic heterocycles. The molecule has 3 nitrogen and oxygen atoms in total. The van der Waals surface area contributed by atoms with Crippen molar-refractivity contribution < 1.29 is 0 Å². The second-order valence-corrected chi connectivity index (χ2v) is 6.27. The highest BCUT2D eigenvalue weighted by molar-refractivity contribution is 5.92. The Balaban J connectivity index is 1.91. The van der Waals surface area contributed by atoms with Gasteiger partial charge in [-0.05, 0) is 42.5 Å². The molecular formula is C17H23N3. The topological polar surface area (TPSA) is 42.1 Å². The second kappa shape index (κ2) is 5.41. The Morgan fingerprint density at radius 1 is 1.30 bits per heavy atom. The third kappa shape index (κ3) is 2.78. The monoisotopic (exact) mass is 269 g/mol. The molecule has 1 saturated carbocycles. The fourth-order valence-corrected chi connectivity index (χ4v) is 2.85. The summed E-state index contributed by atoms with van der Waals surface area (Å²) >= 11 is 0. The van der Waals surface area contributed by atoms with Gasteiger partial charge in [0.25, 0.3) is 0 Å². The van der Waals surface area contributed by atoms with Crippen LogP contribution in [0.4, 0.5) is 5.69 Å². The molecule has 0 bridgehead atoms. The highest BCUT2D eigenvalue weighted by atomic mass is 15.2. The number of aromatic nitrogens is 1. The Morgan fingerprint density at radius 2 is 2.10 bits per heavy atom. The first-order chi connectivity index (χ1) is 9.65. The summed E-state index contributed by atoms with van der Waals surface area (Å²) in [5, 5.41) is 1.07. The molecule has 20 heavy (non-hydrogen) atoms. The third-order valence-corrected chi connectivity index (χ3v) is 3.92. The maximum absolute atomic E-state index is 6.06. The van der Waals surface area contributed by atoms with Crippen molar-refractivity contribution in [2.75, 3.05) is 12.3 Å². The molecule has 1 aromatic carbocycles. The summed E-state index contributed by atoms with van der Waals surface area (Å²) in [5.74, 6) is 0.698. The van der Waals surface area contributed by atoms with Crippen LogP contribution in [0.1, 0.15) is 32.3 Å². The minimum atomic E-state index is 0.698. The first-order valence-corrected chi connectivity index (χ1v) is 7.51. The van der Waals surface area contributed by atoms with E-state index in [9.17, 15) is 0 Å². The normalized spacial score (nSPS) is 15.4. The molecule has 1 aromatic heterocycles. The summed E-state index contributed by atoms with van der Waals surface area (Å²) in [4.78, 5) is 7.15. The van der Waals surface area contributed by atoms with Crippen LogP contribution in [0.2, 0.25) is 0 Å². The van der Waals surface area contributed by atoms with Crippen molar-refractivity contribution in [1.82, 2.24) is 9.88 Å². The van der Waals surface area contributed by atoms with Gasteiger partial charge in [0.2, 0.25) is 0 Å². The lowest BCUT2D eigenvalue weighted by Crippen LogP contribution is -2.29. The predicted molar refractivity (Wildman–Crippen MR) is 84.4 cm³/mol. The molecule has 2 N–H and O–H groups in total. The van der Waals surface area contributed by atoms with Gasteiger partial charge < -0.3 is 5.73 Å². The van der Waals surface area contributed by atoms with Gasteiger partial charge in [-0.1, -0.05) is 19.9 Å². The van der Waals surface area contributed by atoms with Crippen LogP contribution in [0.5, 0.6) is 0 Å². The molecule has 3 rings (SSSR count). The molecule has 1 heterocycles. The first-order valence-electron chi connectivity index (χ1n) is 7.51. The quantitative estimate of drug-likeness (QED) is 0.845. The van der Waals surface area contributed by atoms with Crippen LogP contribution in [0.15, 0.2) is 30.5 Å². The van der Waals surface area contributed by atoms with Gasteiger partial charge in [-0.2, -0.15) is 0 Å². The van der Waals surface area contributed by atoms with E-state index in [0.717, 1.165) is 35.7 Å². The smallest absolute Gasteiger partial charge is 0.0767 e. The molecule has 0 atom stereocenters. The van der Waals surface area contributed by atoms with Crippen molar-refractivity contribution in [1.29, 1.82) is 0 Å². The summed E-state index contributed by atoms with van der Waals surface area (Å²) in [7, 11) is 0. The minimum absolute atomic E-state index is 0.698. The zero-order chi connectivity index (χ0) is 14.1. The fourth-order valence-electron chi connectivity index (χ4n) is 2.85. The van der Waals surface area contributed by atoms with Gasteiger partial charge in [-0.3, -0.25) is 9.88 Å². The van der Waals surface area contributed by atoms with Crippen molar-refractivity contribution in [2.45, 2.75) is 39.3 Å². The van der Waals surface area contributed by atoms with Crippen LogP contribution in [-0.4, -0.2) is 22.5 Å². The molecule has 0 unspecified atom stereocenters. The molecule has 1 aliphatic rings. The molecule has 2 aromatic rings. The molecule has 0 spiro atoms. The number of benzene rings is 1. The average Bonchev–Trinajstić information content (AvgIpc) is 3.25. The van der Waals surface area contributed by atoms with Crippen LogP contribution in [0.25, 0.3) is 10.9 Å². The van der Waals surface area contributed by atoms with E-state index >= 15 is 0 Å². The van der Waals surface area contributed by atoms with E-state index in [4.69, 9.17) is 5.73 Å². The molecule has 0 saturated heterocycles. The summed E-state index contributed by atoms with van der Waals surface area (Å²) in [6.07, 6.45) is 4.54. The molecular weight excluding hydrogens is 246 g/mol. The number of nitrogens with zero attached hydrogens (tertiary/aromatic N) is 2. The highest BCUT2D eigenvalue weighted by Gasteiger charge is 2.29. The Bertz CT molecular complexity index is 602. The van der Waals surface area contributed by atoms with Crippen molar-refractivity contribution in [3.05, 3.63) is 36.0 Å².